The van der Waals surface area contributed by atoms with Gasteiger partial charge in [0.15, 0.2) is 0 Å². The van der Waals surface area contributed by atoms with Crippen LogP contribution in [0.25, 0.3) is 0 Å². The van der Waals surface area contributed by atoms with Gasteiger partial charge in [-0.1, -0.05) is 13.8 Å². The Morgan fingerprint density at radius 3 is 2.12 bits per heavy atom. The van der Waals surface area contributed by atoms with E-state index in [1.165, 1.54) is 0 Å². The molecular weight excluding hydrogens is 98.1 g/mol. The zero-order valence-electron chi connectivity index (χ0n) is 5.72. The Hall–Kier alpha value is -0.430. The molecule has 0 aromatic carbocycles. The summed E-state index contributed by atoms with van der Waals surface area (Å²) in [6.45, 7) is 12.0. The summed E-state index contributed by atoms with van der Waals surface area (Å²) >= 11 is 0. The van der Waals surface area contributed by atoms with E-state index in [0.29, 0.717) is 0 Å². The first-order valence-electron chi connectivity index (χ1n) is 3.05. The molecule has 1 nitrogen and oxygen atoms in total. The minimum absolute atomic E-state index is 1.07. The average Bonchev–Trinajstić information content (AvgIpc) is 1.83. The lowest BCUT2D eigenvalue weighted by Crippen LogP contribution is -2.18. The van der Waals surface area contributed by atoms with Crippen molar-refractivity contribution >= 4 is 0 Å². The highest BCUT2D eigenvalue weighted by Crippen LogP contribution is 1.89. The van der Waals surface area contributed by atoms with Crippen molar-refractivity contribution in [2.45, 2.75) is 13.8 Å². The van der Waals surface area contributed by atoms with Gasteiger partial charge in [-0.3, -0.25) is 0 Å². The highest BCUT2D eigenvalue weighted by atomic mass is 15.1. The van der Waals surface area contributed by atoms with Gasteiger partial charge in [0.25, 0.3) is 0 Å². The van der Waals surface area contributed by atoms with E-state index in [9.17, 15) is 0 Å². The van der Waals surface area contributed by atoms with Crippen LogP contribution in [0.4, 0.5) is 0 Å². The number of likely N-dealkylation sites (N-methyl/N-ethyl adjacent to an activating group) is 1. The van der Waals surface area contributed by atoms with Crippen LogP contribution in [0.15, 0.2) is 12.7 Å². The van der Waals surface area contributed by atoms with Crippen LogP contribution in [0.2, 0.25) is 0 Å². The molecule has 0 aliphatic rings. The molecule has 0 radical (unpaired) electrons. The van der Waals surface area contributed by atoms with Crippen LogP contribution in [-0.2, 0) is 0 Å². The maximum absolute atomic E-state index is 3.60. The van der Waals surface area contributed by atoms with Crippen LogP contribution < -0.4 is 0 Å². The maximum atomic E-state index is 3.60. The molecule has 0 unspecified atom stereocenters. The van der Waals surface area contributed by atoms with Crippen molar-refractivity contribution in [3.8, 4) is 0 Å². The molecule has 0 saturated heterocycles. The number of hydrogen-bond acceptors (Lipinski definition) is 1. The zero-order chi connectivity index (χ0) is 6.41. The highest BCUT2D eigenvalue weighted by Gasteiger charge is 1.84. The van der Waals surface area contributed by atoms with Gasteiger partial charge in [0.2, 0.25) is 0 Å². The van der Waals surface area contributed by atoms with Gasteiger partial charge < -0.3 is 4.90 Å². The number of nitrogens with zero attached hydrogens (tertiary/aromatic N) is 1. The first-order chi connectivity index (χ1) is 3.85. The lowest BCUT2D eigenvalue weighted by Gasteiger charge is -2.20. The van der Waals surface area contributed by atoms with Crippen molar-refractivity contribution in [2.24, 2.45) is 0 Å². The first kappa shape index (κ1) is 7.57. The zero-order valence-corrected chi connectivity index (χ0v) is 5.72. The van der Waals surface area contributed by atoms with Crippen LogP contribution >= 0.6 is 0 Å². The third-order valence-electron chi connectivity index (χ3n) is 1.13. The van der Waals surface area contributed by atoms with Gasteiger partial charge in [0.05, 0.1) is 0 Å². The van der Waals surface area contributed by atoms with Crippen LogP contribution in [0, 0.1) is 6.54 Å². The van der Waals surface area contributed by atoms with Crippen molar-refractivity contribution < 1.29 is 0 Å². The standard InChI is InChI=1S/C7H14N/c1-4-7-8(5-2)6-3/h4,7H,1,5-6H2,2-3H3/q-1. The van der Waals surface area contributed by atoms with Crippen LogP contribution in [0.3, 0.4) is 0 Å². The Bertz CT molecular complexity index is 55.4. The molecule has 0 atom stereocenters. The van der Waals surface area contributed by atoms with E-state index in [1.807, 2.05) is 12.6 Å². The second-order valence-electron chi connectivity index (χ2n) is 1.61. The summed E-state index contributed by atoms with van der Waals surface area (Å²) in [7, 11) is 0. The third kappa shape index (κ3) is 2.69. The number of hydrogen-bond donors (Lipinski definition) is 0. The summed E-state index contributed by atoms with van der Waals surface area (Å²) in [6.07, 6.45) is 1.81. The summed E-state index contributed by atoms with van der Waals surface area (Å²) in [5.41, 5.74) is 0. The predicted molar refractivity (Wildman–Crippen MR) is 37.4 cm³/mol. The summed E-state index contributed by atoms with van der Waals surface area (Å²) in [5.74, 6) is 0. The molecule has 0 N–H and O–H groups in total. The minimum atomic E-state index is 1.07. The Morgan fingerprint density at radius 1 is 1.50 bits per heavy atom. The quantitative estimate of drug-likeness (QED) is 0.500. The summed E-state index contributed by atoms with van der Waals surface area (Å²) in [6, 6.07) is 0. The Balaban J connectivity index is 3.20. The molecule has 0 bridgehead atoms. The molecule has 0 aliphatic carbocycles. The van der Waals surface area contributed by atoms with Gasteiger partial charge in [0, 0.05) is 0 Å². The van der Waals surface area contributed by atoms with Crippen molar-refractivity contribution in [3.05, 3.63) is 19.2 Å². The molecule has 8 heavy (non-hydrogen) atoms. The Kier molecular flexibility index (Phi) is 4.47. The lowest BCUT2D eigenvalue weighted by atomic mass is 10.5. The number of rotatable bonds is 4. The van der Waals surface area contributed by atoms with E-state index >= 15 is 0 Å². The topological polar surface area (TPSA) is 3.24 Å². The summed E-state index contributed by atoms with van der Waals surface area (Å²) < 4.78 is 0. The van der Waals surface area contributed by atoms with E-state index in [4.69, 9.17) is 0 Å². The average molecular weight is 112 g/mol. The van der Waals surface area contributed by atoms with E-state index in [1.54, 1.807) is 0 Å². The molecule has 48 valence electrons. The van der Waals surface area contributed by atoms with Crippen molar-refractivity contribution in [2.75, 3.05) is 13.1 Å². The van der Waals surface area contributed by atoms with E-state index in [-0.39, 0.29) is 0 Å². The van der Waals surface area contributed by atoms with E-state index in [2.05, 4.69) is 25.3 Å². The molecule has 0 aromatic rings. The molecule has 0 aromatic heterocycles. The fourth-order valence-electron chi connectivity index (χ4n) is 0.583. The van der Waals surface area contributed by atoms with Gasteiger partial charge in [-0.05, 0) is 13.1 Å². The normalized spacial score (nSPS) is 9.38. The van der Waals surface area contributed by atoms with Gasteiger partial charge in [-0.15, -0.1) is 0 Å². The largest absolute Gasteiger partial charge is 0.360 e. The SMILES string of the molecule is C=C[CH-]N(CC)CC. The van der Waals surface area contributed by atoms with Crippen molar-refractivity contribution in [1.29, 1.82) is 0 Å². The smallest absolute Gasteiger partial charge is 0.0174 e. The molecule has 0 rings (SSSR count). The third-order valence-corrected chi connectivity index (χ3v) is 1.13. The monoisotopic (exact) mass is 112 g/mol. The lowest BCUT2D eigenvalue weighted by molar-refractivity contribution is 0.387. The van der Waals surface area contributed by atoms with Gasteiger partial charge in [-0.2, -0.15) is 6.54 Å². The predicted octanol–water partition coefficient (Wildman–Crippen LogP) is 1.68. The van der Waals surface area contributed by atoms with E-state index < -0.39 is 0 Å². The maximum Gasteiger partial charge on any atom is -0.0174 e. The van der Waals surface area contributed by atoms with Crippen LogP contribution in [0.5, 0.6) is 0 Å². The van der Waals surface area contributed by atoms with Crippen molar-refractivity contribution in [3.63, 3.8) is 0 Å². The first-order valence-corrected chi connectivity index (χ1v) is 3.05. The second-order valence-corrected chi connectivity index (χ2v) is 1.61. The van der Waals surface area contributed by atoms with Gasteiger partial charge in [-0.25, -0.2) is 12.7 Å². The molecule has 0 saturated carbocycles. The van der Waals surface area contributed by atoms with Gasteiger partial charge in [0.1, 0.15) is 0 Å². The van der Waals surface area contributed by atoms with Crippen molar-refractivity contribution in [1.82, 2.24) is 4.90 Å². The van der Waals surface area contributed by atoms with Crippen LogP contribution in [-0.4, -0.2) is 18.0 Å². The van der Waals surface area contributed by atoms with Gasteiger partial charge >= 0.3 is 0 Å². The fraction of sp³-hybridized carbons (Fsp3) is 0.571. The molecule has 0 spiro atoms. The Labute approximate surface area is 52.0 Å². The van der Waals surface area contributed by atoms with Crippen LogP contribution in [0.1, 0.15) is 13.8 Å². The molecule has 0 fully saturated rings. The van der Waals surface area contributed by atoms with E-state index in [0.717, 1.165) is 13.1 Å². The molecule has 0 aliphatic heterocycles. The minimum Gasteiger partial charge on any atom is -0.360 e. The molecule has 0 heterocycles. The molecular formula is C7H14N-. The highest BCUT2D eigenvalue weighted by molar-refractivity contribution is 4.85. The molecule has 1 heteroatoms. The summed E-state index contributed by atoms with van der Waals surface area (Å²) in [5, 5.41) is 0. The Morgan fingerprint density at radius 2 is 2.00 bits per heavy atom. The molecule has 0 amide bonds. The summed E-state index contributed by atoms with van der Waals surface area (Å²) in [4.78, 5) is 2.19. The second kappa shape index (κ2) is 4.72. The fourth-order valence-corrected chi connectivity index (χ4v) is 0.583.